The summed E-state index contributed by atoms with van der Waals surface area (Å²) in [5.74, 6) is -0.0290. The summed E-state index contributed by atoms with van der Waals surface area (Å²) in [5, 5.41) is 4.39. The van der Waals surface area contributed by atoms with Gasteiger partial charge in [-0.2, -0.15) is 5.10 Å². The van der Waals surface area contributed by atoms with Crippen LogP contribution in [0.2, 0.25) is 0 Å². The summed E-state index contributed by atoms with van der Waals surface area (Å²) in [4.78, 5) is 21.1. The van der Waals surface area contributed by atoms with E-state index in [-0.39, 0.29) is 5.91 Å². The molecule has 2 heterocycles. The summed E-state index contributed by atoms with van der Waals surface area (Å²) >= 11 is 0. The van der Waals surface area contributed by atoms with Gasteiger partial charge in [0, 0.05) is 14.0 Å². The molecular weight excluding hydrogens is 230 g/mol. The van der Waals surface area contributed by atoms with Crippen molar-refractivity contribution in [3.05, 3.63) is 30.1 Å². The van der Waals surface area contributed by atoms with Crippen molar-refractivity contribution in [2.75, 3.05) is 11.9 Å². The van der Waals surface area contributed by atoms with Gasteiger partial charge >= 0.3 is 0 Å². The highest BCUT2D eigenvalue weighted by Crippen LogP contribution is 2.20. The van der Waals surface area contributed by atoms with Crippen LogP contribution in [-0.2, 0) is 4.79 Å². The van der Waals surface area contributed by atoms with Crippen molar-refractivity contribution in [1.82, 2.24) is 19.7 Å². The van der Waals surface area contributed by atoms with Crippen LogP contribution in [-0.4, -0.2) is 32.7 Å². The molecule has 0 saturated heterocycles. The van der Waals surface area contributed by atoms with E-state index < -0.39 is 0 Å². The number of anilines is 1. The molecule has 0 aliphatic heterocycles. The lowest BCUT2D eigenvalue weighted by molar-refractivity contribution is -0.116. The summed E-state index contributed by atoms with van der Waals surface area (Å²) in [5.41, 5.74) is 3.22. The standard InChI is InChI=1S/C12H15N5O/c1-8-11(5-13-7-14-8)17-6-12(9(2)15-17)16(4)10(3)18/h5-7H,1-4H3. The van der Waals surface area contributed by atoms with Crippen LogP contribution >= 0.6 is 0 Å². The van der Waals surface area contributed by atoms with Gasteiger partial charge in [-0.1, -0.05) is 0 Å². The fourth-order valence-electron chi connectivity index (χ4n) is 1.68. The number of aromatic nitrogens is 4. The first kappa shape index (κ1) is 12.2. The van der Waals surface area contributed by atoms with Crippen LogP contribution in [0.1, 0.15) is 18.3 Å². The largest absolute Gasteiger partial charge is 0.313 e. The number of hydrogen-bond donors (Lipinski definition) is 0. The monoisotopic (exact) mass is 245 g/mol. The van der Waals surface area contributed by atoms with E-state index in [1.165, 1.54) is 13.3 Å². The van der Waals surface area contributed by atoms with Gasteiger partial charge in [-0.25, -0.2) is 14.6 Å². The zero-order valence-electron chi connectivity index (χ0n) is 10.9. The Labute approximate surface area is 105 Å². The van der Waals surface area contributed by atoms with Crippen LogP contribution in [0.25, 0.3) is 5.69 Å². The van der Waals surface area contributed by atoms with Crippen molar-refractivity contribution >= 4 is 11.6 Å². The lowest BCUT2D eigenvalue weighted by atomic mass is 10.3. The first-order chi connectivity index (χ1) is 8.50. The molecule has 0 bridgehead atoms. The SMILES string of the molecule is CC(=O)N(C)c1cn(-c2cncnc2C)nc1C. The lowest BCUT2D eigenvalue weighted by Gasteiger charge is -2.12. The van der Waals surface area contributed by atoms with Gasteiger partial charge in [-0.3, -0.25) is 4.79 Å². The maximum absolute atomic E-state index is 11.4. The average Bonchev–Trinajstić information content (AvgIpc) is 2.70. The van der Waals surface area contributed by atoms with Gasteiger partial charge in [0.15, 0.2) is 0 Å². The Morgan fingerprint density at radius 1 is 1.33 bits per heavy atom. The molecule has 0 radical (unpaired) electrons. The van der Waals surface area contributed by atoms with E-state index in [2.05, 4.69) is 15.1 Å². The number of aryl methyl sites for hydroxylation is 2. The molecule has 0 spiro atoms. The van der Waals surface area contributed by atoms with Crippen molar-refractivity contribution in [3.8, 4) is 5.69 Å². The predicted octanol–water partition coefficient (Wildman–Crippen LogP) is 1.26. The van der Waals surface area contributed by atoms with Gasteiger partial charge < -0.3 is 4.90 Å². The van der Waals surface area contributed by atoms with E-state index in [1.807, 2.05) is 20.0 Å². The molecule has 0 unspecified atom stereocenters. The van der Waals surface area contributed by atoms with E-state index in [0.29, 0.717) is 0 Å². The molecule has 1 amide bonds. The first-order valence-electron chi connectivity index (χ1n) is 5.58. The maximum Gasteiger partial charge on any atom is 0.223 e. The molecule has 0 saturated carbocycles. The highest BCUT2D eigenvalue weighted by Gasteiger charge is 2.14. The van der Waals surface area contributed by atoms with E-state index in [4.69, 9.17) is 0 Å². The molecule has 18 heavy (non-hydrogen) atoms. The van der Waals surface area contributed by atoms with Crippen molar-refractivity contribution in [2.24, 2.45) is 0 Å². The zero-order valence-corrected chi connectivity index (χ0v) is 10.9. The van der Waals surface area contributed by atoms with Crippen LogP contribution < -0.4 is 4.90 Å². The summed E-state index contributed by atoms with van der Waals surface area (Å²) in [7, 11) is 1.73. The third kappa shape index (κ3) is 2.09. The highest BCUT2D eigenvalue weighted by molar-refractivity contribution is 5.91. The molecule has 0 N–H and O–H groups in total. The minimum absolute atomic E-state index is 0.0290. The van der Waals surface area contributed by atoms with E-state index in [1.54, 1.807) is 22.8 Å². The second-order valence-electron chi connectivity index (χ2n) is 4.12. The van der Waals surface area contributed by atoms with Gasteiger partial charge in [0.05, 0.1) is 29.5 Å². The Hall–Kier alpha value is -2.24. The number of carbonyl (C=O) groups excluding carboxylic acids is 1. The van der Waals surface area contributed by atoms with Gasteiger partial charge in [-0.05, 0) is 13.8 Å². The summed E-state index contributed by atoms with van der Waals surface area (Å²) in [6.45, 7) is 5.28. The summed E-state index contributed by atoms with van der Waals surface area (Å²) < 4.78 is 1.69. The topological polar surface area (TPSA) is 63.9 Å². The molecule has 6 heteroatoms. The smallest absolute Gasteiger partial charge is 0.223 e. The molecule has 0 aromatic carbocycles. The Kier molecular flexibility index (Phi) is 3.10. The molecule has 2 aromatic rings. The third-order valence-corrected chi connectivity index (χ3v) is 2.84. The second-order valence-corrected chi connectivity index (χ2v) is 4.12. The number of carbonyl (C=O) groups is 1. The minimum atomic E-state index is -0.0290. The molecule has 0 aliphatic carbocycles. The Morgan fingerprint density at radius 3 is 2.67 bits per heavy atom. The fourth-order valence-corrected chi connectivity index (χ4v) is 1.68. The number of amides is 1. The Morgan fingerprint density at radius 2 is 2.06 bits per heavy atom. The number of nitrogens with zero attached hydrogens (tertiary/aromatic N) is 5. The van der Waals surface area contributed by atoms with Crippen molar-refractivity contribution in [2.45, 2.75) is 20.8 Å². The third-order valence-electron chi connectivity index (χ3n) is 2.84. The van der Waals surface area contributed by atoms with Gasteiger partial charge in [-0.15, -0.1) is 0 Å². The van der Waals surface area contributed by atoms with Crippen molar-refractivity contribution in [1.29, 1.82) is 0 Å². The minimum Gasteiger partial charge on any atom is -0.313 e. The Balaban J connectivity index is 2.47. The molecule has 0 atom stereocenters. The zero-order chi connectivity index (χ0) is 13.3. The highest BCUT2D eigenvalue weighted by atomic mass is 16.2. The van der Waals surface area contributed by atoms with E-state index >= 15 is 0 Å². The number of rotatable bonds is 2. The van der Waals surface area contributed by atoms with E-state index in [9.17, 15) is 4.79 Å². The predicted molar refractivity (Wildman–Crippen MR) is 67.7 cm³/mol. The van der Waals surface area contributed by atoms with Gasteiger partial charge in [0.2, 0.25) is 5.91 Å². The maximum atomic E-state index is 11.4. The molecule has 6 nitrogen and oxygen atoms in total. The van der Waals surface area contributed by atoms with E-state index in [0.717, 1.165) is 22.8 Å². The fraction of sp³-hybridized carbons (Fsp3) is 0.333. The summed E-state index contributed by atoms with van der Waals surface area (Å²) in [6, 6.07) is 0. The van der Waals surface area contributed by atoms with Crippen molar-refractivity contribution in [3.63, 3.8) is 0 Å². The van der Waals surface area contributed by atoms with Crippen molar-refractivity contribution < 1.29 is 4.79 Å². The van der Waals surface area contributed by atoms with Crippen LogP contribution in [0, 0.1) is 13.8 Å². The molecule has 0 fully saturated rings. The normalized spacial score (nSPS) is 10.4. The first-order valence-corrected chi connectivity index (χ1v) is 5.58. The van der Waals surface area contributed by atoms with Crippen LogP contribution in [0.5, 0.6) is 0 Å². The lowest BCUT2D eigenvalue weighted by Crippen LogP contribution is -2.23. The van der Waals surface area contributed by atoms with Crippen LogP contribution in [0.3, 0.4) is 0 Å². The quantitative estimate of drug-likeness (QED) is 0.799. The second kappa shape index (κ2) is 4.56. The molecule has 2 rings (SSSR count). The average molecular weight is 245 g/mol. The molecule has 94 valence electrons. The molecular formula is C12H15N5O. The molecule has 0 aliphatic rings. The summed E-state index contributed by atoms with van der Waals surface area (Å²) in [6.07, 6.45) is 5.01. The Bertz CT molecular complexity index is 590. The van der Waals surface area contributed by atoms with Crippen LogP contribution in [0.15, 0.2) is 18.7 Å². The van der Waals surface area contributed by atoms with Gasteiger partial charge in [0.25, 0.3) is 0 Å². The van der Waals surface area contributed by atoms with Gasteiger partial charge in [0.1, 0.15) is 12.0 Å². The van der Waals surface area contributed by atoms with Crippen LogP contribution in [0.4, 0.5) is 5.69 Å². The molecule has 2 aromatic heterocycles. The number of hydrogen-bond acceptors (Lipinski definition) is 4.